The van der Waals surface area contributed by atoms with Crippen LogP contribution in [0.1, 0.15) is 55.8 Å². The molecule has 0 unspecified atom stereocenters. The quantitative estimate of drug-likeness (QED) is 0.698. The summed E-state index contributed by atoms with van der Waals surface area (Å²) in [6.07, 6.45) is 7.75. The van der Waals surface area contributed by atoms with Crippen molar-refractivity contribution in [2.24, 2.45) is 11.8 Å². The molecule has 8 nitrogen and oxygen atoms in total. The van der Waals surface area contributed by atoms with Gasteiger partial charge >= 0.3 is 0 Å². The van der Waals surface area contributed by atoms with E-state index < -0.39 is 6.04 Å². The lowest BCUT2D eigenvalue weighted by molar-refractivity contribution is -0.135. The van der Waals surface area contributed by atoms with E-state index in [1.807, 2.05) is 11.8 Å². The molecule has 1 saturated carbocycles. The highest BCUT2D eigenvalue weighted by molar-refractivity contribution is 5.99. The minimum Gasteiger partial charge on any atom is -0.475 e. The first-order chi connectivity index (χ1) is 16.1. The molecule has 8 heteroatoms. The average molecular weight is 459 g/mol. The summed E-state index contributed by atoms with van der Waals surface area (Å²) in [7, 11) is 0. The van der Waals surface area contributed by atoms with Gasteiger partial charge in [0, 0.05) is 38.9 Å². The van der Waals surface area contributed by atoms with Crippen molar-refractivity contribution in [1.29, 1.82) is 0 Å². The SMILES string of the molecule is CCC[C@H]1NC(=O)c2cccnc2OCCOCCN(CC2CC2)CC2CCN(CC2)C1=O. The summed E-state index contributed by atoms with van der Waals surface area (Å²) < 4.78 is 11.6. The minimum atomic E-state index is -0.527. The Bertz CT molecular complexity index is 792. The van der Waals surface area contributed by atoms with Crippen LogP contribution in [0.25, 0.3) is 0 Å². The molecule has 1 aliphatic carbocycles. The number of hydrogen-bond acceptors (Lipinski definition) is 6. The predicted octanol–water partition coefficient (Wildman–Crippen LogP) is 2.34. The van der Waals surface area contributed by atoms with Crippen LogP contribution >= 0.6 is 0 Å². The second kappa shape index (κ2) is 11.8. The van der Waals surface area contributed by atoms with Crippen LogP contribution in [0.4, 0.5) is 0 Å². The van der Waals surface area contributed by atoms with Gasteiger partial charge in [-0.3, -0.25) is 9.59 Å². The summed E-state index contributed by atoms with van der Waals surface area (Å²) in [5.41, 5.74) is 0.349. The molecule has 2 bridgehead atoms. The Morgan fingerprint density at radius 1 is 1.09 bits per heavy atom. The summed E-state index contributed by atoms with van der Waals surface area (Å²) in [4.78, 5) is 35.1. The maximum Gasteiger partial charge on any atom is 0.257 e. The Labute approximate surface area is 197 Å². The summed E-state index contributed by atoms with van der Waals surface area (Å²) in [5.74, 6) is 1.43. The van der Waals surface area contributed by atoms with Gasteiger partial charge in [-0.2, -0.15) is 0 Å². The highest BCUT2D eigenvalue weighted by atomic mass is 16.5. The zero-order chi connectivity index (χ0) is 23.0. The molecule has 3 aliphatic heterocycles. The Balaban J connectivity index is 1.48. The number of nitrogens with one attached hydrogen (secondary N) is 1. The molecule has 1 N–H and O–H groups in total. The van der Waals surface area contributed by atoms with E-state index in [1.54, 1.807) is 18.3 Å². The number of carbonyl (C=O) groups excluding carboxylic acids is 2. The molecule has 2 amide bonds. The Kier molecular flexibility index (Phi) is 8.56. The van der Waals surface area contributed by atoms with Gasteiger partial charge in [-0.1, -0.05) is 13.3 Å². The Hall–Kier alpha value is -2.19. The molecule has 0 aromatic carbocycles. The maximum absolute atomic E-state index is 13.3. The van der Waals surface area contributed by atoms with Gasteiger partial charge in [0.1, 0.15) is 18.2 Å². The molecule has 4 heterocycles. The number of hydrogen-bond donors (Lipinski definition) is 1. The smallest absolute Gasteiger partial charge is 0.257 e. The number of piperidine rings is 1. The van der Waals surface area contributed by atoms with E-state index in [2.05, 4.69) is 15.2 Å². The van der Waals surface area contributed by atoms with Crippen molar-refractivity contribution >= 4 is 11.8 Å². The number of amides is 2. The van der Waals surface area contributed by atoms with Crippen LogP contribution in [0.5, 0.6) is 5.88 Å². The number of ether oxygens (including phenoxy) is 2. The van der Waals surface area contributed by atoms with Crippen LogP contribution in [0.15, 0.2) is 18.3 Å². The standard InChI is InChI=1S/C25H38N4O4/c1-2-4-22-25(31)29-11-8-20(9-12-29)18-28(17-19-6-7-19)13-14-32-15-16-33-24-21(23(30)27-22)5-3-10-26-24/h3,5,10,19-20,22H,2,4,6-9,11-18H2,1H3,(H,27,30)/t22-/m1/s1. The fourth-order valence-corrected chi connectivity index (χ4v) is 4.80. The fraction of sp³-hybridized carbons (Fsp3) is 0.720. The number of pyridine rings is 1. The van der Waals surface area contributed by atoms with Gasteiger partial charge in [-0.25, -0.2) is 4.98 Å². The van der Waals surface area contributed by atoms with Crippen LogP contribution in [0.3, 0.4) is 0 Å². The Morgan fingerprint density at radius 3 is 2.67 bits per heavy atom. The molecule has 33 heavy (non-hydrogen) atoms. The first kappa shape index (κ1) is 24.0. The molecule has 1 atom stereocenters. The first-order valence-electron chi connectivity index (χ1n) is 12.6. The lowest BCUT2D eigenvalue weighted by atomic mass is 9.95. The third-order valence-corrected chi connectivity index (χ3v) is 6.87. The highest BCUT2D eigenvalue weighted by Crippen LogP contribution is 2.30. The number of aromatic nitrogens is 1. The largest absolute Gasteiger partial charge is 0.475 e. The predicted molar refractivity (Wildman–Crippen MR) is 125 cm³/mol. The molecule has 5 rings (SSSR count). The first-order valence-corrected chi connectivity index (χ1v) is 12.6. The summed E-state index contributed by atoms with van der Waals surface area (Å²) >= 11 is 0. The van der Waals surface area contributed by atoms with Crippen LogP contribution in [-0.4, -0.2) is 85.2 Å². The lowest BCUT2D eigenvalue weighted by Crippen LogP contribution is -2.51. The van der Waals surface area contributed by atoms with Crippen LogP contribution in [0.2, 0.25) is 0 Å². The summed E-state index contributed by atoms with van der Waals surface area (Å²) in [5, 5.41) is 2.96. The van der Waals surface area contributed by atoms with E-state index in [4.69, 9.17) is 9.47 Å². The van der Waals surface area contributed by atoms with Gasteiger partial charge in [0.05, 0.1) is 13.2 Å². The molecular weight excluding hydrogens is 420 g/mol. The second-order valence-electron chi connectivity index (χ2n) is 9.60. The molecule has 1 saturated heterocycles. The van der Waals surface area contributed by atoms with Crippen LogP contribution in [-0.2, 0) is 9.53 Å². The van der Waals surface area contributed by atoms with Gasteiger partial charge in [0.25, 0.3) is 5.91 Å². The summed E-state index contributed by atoms with van der Waals surface area (Å²) in [6, 6.07) is 2.87. The molecule has 4 aliphatic rings. The topological polar surface area (TPSA) is 84.0 Å². The third kappa shape index (κ3) is 6.90. The van der Waals surface area contributed by atoms with E-state index >= 15 is 0 Å². The molecule has 182 valence electrons. The lowest BCUT2D eigenvalue weighted by Gasteiger charge is -2.36. The number of rotatable bonds is 4. The summed E-state index contributed by atoms with van der Waals surface area (Å²) in [6.45, 7) is 8.14. The van der Waals surface area contributed by atoms with Crippen molar-refractivity contribution in [3.8, 4) is 5.88 Å². The third-order valence-electron chi connectivity index (χ3n) is 6.87. The number of fused-ring (bicyclic) bond motifs is 12. The number of carbonyl (C=O) groups is 2. The minimum absolute atomic E-state index is 0.0272. The second-order valence-corrected chi connectivity index (χ2v) is 9.60. The van der Waals surface area contributed by atoms with E-state index in [9.17, 15) is 9.59 Å². The van der Waals surface area contributed by atoms with Gasteiger partial charge in [-0.15, -0.1) is 0 Å². The van der Waals surface area contributed by atoms with E-state index in [-0.39, 0.29) is 17.7 Å². The highest BCUT2D eigenvalue weighted by Gasteiger charge is 2.31. The molecule has 1 aromatic heterocycles. The van der Waals surface area contributed by atoms with Crippen molar-refractivity contribution in [1.82, 2.24) is 20.1 Å². The van der Waals surface area contributed by atoms with Crippen molar-refractivity contribution in [2.75, 3.05) is 52.5 Å². The molecule has 1 aromatic rings. The van der Waals surface area contributed by atoms with Gasteiger partial charge < -0.3 is 24.6 Å². The molecule has 0 spiro atoms. The van der Waals surface area contributed by atoms with Crippen molar-refractivity contribution in [3.63, 3.8) is 0 Å². The normalized spacial score (nSPS) is 26.2. The monoisotopic (exact) mass is 458 g/mol. The molecule has 2 fully saturated rings. The van der Waals surface area contributed by atoms with Crippen LogP contribution in [0, 0.1) is 11.8 Å². The number of nitrogens with zero attached hydrogens (tertiary/aromatic N) is 3. The zero-order valence-electron chi connectivity index (χ0n) is 19.8. The van der Waals surface area contributed by atoms with E-state index in [1.165, 1.54) is 12.8 Å². The average Bonchev–Trinajstić information content (AvgIpc) is 3.64. The zero-order valence-corrected chi connectivity index (χ0v) is 19.8. The van der Waals surface area contributed by atoms with Crippen LogP contribution < -0.4 is 10.1 Å². The Morgan fingerprint density at radius 2 is 1.91 bits per heavy atom. The molecule has 0 radical (unpaired) electrons. The van der Waals surface area contributed by atoms with Gasteiger partial charge in [-0.05, 0) is 56.1 Å². The van der Waals surface area contributed by atoms with E-state index in [0.717, 1.165) is 57.9 Å². The van der Waals surface area contributed by atoms with Crippen molar-refractivity contribution in [2.45, 2.75) is 51.5 Å². The van der Waals surface area contributed by atoms with Gasteiger partial charge in [0.2, 0.25) is 11.8 Å². The van der Waals surface area contributed by atoms with E-state index in [0.29, 0.717) is 37.7 Å². The fourth-order valence-electron chi connectivity index (χ4n) is 4.80. The van der Waals surface area contributed by atoms with Crippen molar-refractivity contribution < 1.29 is 19.1 Å². The van der Waals surface area contributed by atoms with Gasteiger partial charge in [0.15, 0.2) is 0 Å². The maximum atomic E-state index is 13.3. The molecular formula is C25H38N4O4. The van der Waals surface area contributed by atoms with Crippen molar-refractivity contribution in [3.05, 3.63) is 23.9 Å².